The van der Waals surface area contributed by atoms with Crippen LogP contribution in [0, 0.1) is 13.8 Å². The lowest BCUT2D eigenvalue weighted by Gasteiger charge is -2.30. The molecule has 0 aromatic heterocycles. The lowest BCUT2D eigenvalue weighted by Crippen LogP contribution is -2.49. The monoisotopic (exact) mass is 436 g/mol. The van der Waals surface area contributed by atoms with Gasteiger partial charge in [0.2, 0.25) is 5.91 Å². The topological polar surface area (TPSA) is 58.6 Å². The Bertz CT molecular complexity index is 863. The van der Waals surface area contributed by atoms with E-state index in [4.69, 9.17) is 27.9 Å². The highest BCUT2D eigenvalue weighted by atomic mass is 35.5. The van der Waals surface area contributed by atoms with E-state index in [-0.39, 0.29) is 25.0 Å². The summed E-state index contributed by atoms with van der Waals surface area (Å²) in [5, 5.41) is 3.84. The molecular formula is C22H26Cl2N2O3. The van der Waals surface area contributed by atoms with Crippen molar-refractivity contribution < 1.29 is 14.3 Å². The average Bonchev–Trinajstić information content (AvgIpc) is 2.70. The highest BCUT2D eigenvalue weighted by Crippen LogP contribution is 2.26. The van der Waals surface area contributed by atoms with E-state index in [1.807, 2.05) is 39.0 Å². The van der Waals surface area contributed by atoms with Crippen molar-refractivity contribution in [2.24, 2.45) is 0 Å². The first-order valence-electron chi connectivity index (χ1n) is 9.42. The molecule has 0 bridgehead atoms. The largest absolute Gasteiger partial charge is 0.484 e. The fraction of sp³-hybridized carbons (Fsp3) is 0.364. The molecule has 0 aliphatic carbocycles. The maximum absolute atomic E-state index is 13.0. The fourth-order valence-electron chi connectivity index (χ4n) is 3.11. The van der Waals surface area contributed by atoms with Crippen LogP contribution in [0.5, 0.6) is 5.75 Å². The van der Waals surface area contributed by atoms with Gasteiger partial charge in [0.05, 0.1) is 0 Å². The second kappa shape index (κ2) is 10.5. The van der Waals surface area contributed by atoms with Gasteiger partial charge in [-0.15, -0.1) is 0 Å². The van der Waals surface area contributed by atoms with Crippen molar-refractivity contribution in [1.29, 1.82) is 0 Å². The molecule has 29 heavy (non-hydrogen) atoms. The van der Waals surface area contributed by atoms with Crippen molar-refractivity contribution in [3.63, 3.8) is 0 Å². The summed E-state index contributed by atoms with van der Waals surface area (Å²) in [4.78, 5) is 26.9. The third kappa shape index (κ3) is 5.87. The van der Waals surface area contributed by atoms with E-state index < -0.39 is 6.04 Å². The number of carbonyl (C=O) groups excluding carboxylic acids is 2. The van der Waals surface area contributed by atoms with Crippen LogP contribution in [-0.2, 0) is 16.1 Å². The molecule has 2 amide bonds. The van der Waals surface area contributed by atoms with Crippen LogP contribution in [0.4, 0.5) is 0 Å². The molecule has 0 unspecified atom stereocenters. The Morgan fingerprint density at radius 3 is 2.31 bits per heavy atom. The van der Waals surface area contributed by atoms with Crippen LogP contribution >= 0.6 is 23.2 Å². The van der Waals surface area contributed by atoms with E-state index in [9.17, 15) is 9.59 Å². The number of ether oxygens (including phenoxy) is 1. The Kier molecular flexibility index (Phi) is 8.35. The zero-order valence-corrected chi connectivity index (χ0v) is 18.6. The van der Waals surface area contributed by atoms with E-state index in [0.717, 1.165) is 16.7 Å². The predicted octanol–water partition coefficient (Wildman–Crippen LogP) is 4.54. The molecular weight excluding hydrogens is 411 g/mol. The molecule has 0 radical (unpaired) electrons. The van der Waals surface area contributed by atoms with Crippen LogP contribution in [0.2, 0.25) is 10.0 Å². The number of hydrogen-bond donors (Lipinski definition) is 1. The van der Waals surface area contributed by atoms with Crippen molar-refractivity contribution in [2.45, 2.75) is 39.8 Å². The summed E-state index contributed by atoms with van der Waals surface area (Å²) in [7, 11) is 1.55. The number of hydrogen-bond acceptors (Lipinski definition) is 3. The molecule has 0 heterocycles. The highest BCUT2D eigenvalue weighted by Gasteiger charge is 2.28. The highest BCUT2D eigenvalue weighted by molar-refractivity contribution is 6.32. The maximum Gasteiger partial charge on any atom is 0.261 e. The van der Waals surface area contributed by atoms with Crippen molar-refractivity contribution in [1.82, 2.24) is 10.2 Å². The van der Waals surface area contributed by atoms with Gasteiger partial charge in [0.25, 0.3) is 5.91 Å². The third-order valence-corrected chi connectivity index (χ3v) is 5.67. The number of nitrogens with one attached hydrogen (secondary N) is 1. The number of benzene rings is 2. The zero-order chi connectivity index (χ0) is 21.6. The van der Waals surface area contributed by atoms with E-state index in [1.165, 1.54) is 4.90 Å². The van der Waals surface area contributed by atoms with Crippen LogP contribution in [0.1, 0.15) is 30.0 Å². The number of rotatable bonds is 8. The molecule has 2 rings (SSSR count). The molecule has 2 aromatic rings. The molecule has 0 fully saturated rings. The van der Waals surface area contributed by atoms with Crippen LogP contribution < -0.4 is 10.1 Å². The van der Waals surface area contributed by atoms with Gasteiger partial charge in [-0.05, 0) is 55.2 Å². The number of nitrogens with zero attached hydrogens (tertiary/aromatic N) is 1. The Balaban J connectivity index is 2.24. The first-order valence-corrected chi connectivity index (χ1v) is 10.2. The molecule has 7 heteroatoms. The predicted molar refractivity (Wildman–Crippen MR) is 117 cm³/mol. The van der Waals surface area contributed by atoms with Crippen molar-refractivity contribution >= 4 is 35.0 Å². The van der Waals surface area contributed by atoms with Crippen LogP contribution in [0.25, 0.3) is 0 Å². The summed E-state index contributed by atoms with van der Waals surface area (Å²) in [5.74, 6) is 0.0279. The lowest BCUT2D eigenvalue weighted by molar-refractivity contribution is -0.142. The third-order valence-electron chi connectivity index (χ3n) is 4.70. The van der Waals surface area contributed by atoms with E-state index in [0.29, 0.717) is 22.2 Å². The Hall–Kier alpha value is -2.24. The molecule has 0 saturated carbocycles. The van der Waals surface area contributed by atoms with Gasteiger partial charge in [-0.3, -0.25) is 9.59 Å². The van der Waals surface area contributed by atoms with Crippen LogP contribution in [-0.4, -0.2) is 36.4 Å². The molecule has 5 nitrogen and oxygen atoms in total. The molecule has 156 valence electrons. The number of carbonyl (C=O) groups is 2. The fourth-order valence-corrected chi connectivity index (χ4v) is 3.42. The normalized spacial score (nSPS) is 11.7. The average molecular weight is 437 g/mol. The molecule has 0 aliphatic heterocycles. The summed E-state index contributed by atoms with van der Waals surface area (Å²) < 4.78 is 5.73. The molecule has 2 aromatic carbocycles. The molecule has 0 aliphatic rings. The van der Waals surface area contributed by atoms with E-state index in [2.05, 4.69) is 5.32 Å². The number of amides is 2. The second-order valence-corrected chi connectivity index (χ2v) is 7.60. The SMILES string of the molecule is CC[C@H](C(=O)NC)N(Cc1ccccc1Cl)C(=O)COc1cc(C)c(Cl)c(C)c1. The first kappa shape index (κ1) is 23.0. The van der Waals surface area contributed by atoms with Gasteiger partial charge < -0.3 is 15.0 Å². The van der Waals surface area contributed by atoms with Crippen molar-refractivity contribution in [3.8, 4) is 5.75 Å². The van der Waals surface area contributed by atoms with Gasteiger partial charge in [0.1, 0.15) is 11.8 Å². The summed E-state index contributed by atoms with van der Waals surface area (Å²) >= 11 is 12.5. The van der Waals surface area contributed by atoms with Gasteiger partial charge in [0, 0.05) is 23.6 Å². The minimum absolute atomic E-state index is 0.196. The molecule has 1 atom stereocenters. The van der Waals surface area contributed by atoms with Gasteiger partial charge >= 0.3 is 0 Å². The van der Waals surface area contributed by atoms with Gasteiger partial charge in [-0.25, -0.2) is 0 Å². The summed E-state index contributed by atoms with van der Waals surface area (Å²) in [6, 6.07) is 10.2. The standard InChI is InChI=1S/C22H26Cl2N2O3/c1-5-19(22(28)25-4)26(12-16-8-6-7-9-18(16)23)20(27)13-29-17-10-14(2)21(24)15(3)11-17/h6-11,19H,5,12-13H2,1-4H3,(H,25,28)/t19-/m1/s1. The van der Waals surface area contributed by atoms with Crippen LogP contribution in [0.3, 0.4) is 0 Å². The summed E-state index contributed by atoms with van der Waals surface area (Å²) in [6.07, 6.45) is 0.467. The van der Waals surface area contributed by atoms with E-state index >= 15 is 0 Å². The Labute approximate surface area is 181 Å². The smallest absolute Gasteiger partial charge is 0.261 e. The summed E-state index contributed by atoms with van der Waals surface area (Å²) in [5.41, 5.74) is 2.51. The van der Waals surface area contributed by atoms with Crippen LogP contribution in [0.15, 0.2) is 36.4 Å². The lowest BCUT2D eigenvalue weighted by atomic mass is 10.1. The van der Waals surface area contributed by atoms with Crippen molar-refractivity contribution in [2.75, 3.05) is 13.7 Å². The summed E-state index contributed by atoms with van der Waals surface area (Å²) in [6.45, 7) is 5.64. The molecule has 1 N–H and O–H groups in total. The van der Waals surface area contributed by atoms with Gasteiger partial charge in [-0.1, -0.05) is 48.3 Å². The van der Waals surface area contributed by atoms with E-state index in [1.54, 1.807) is 25.2 Å². The molecule has 0 saturated heterocycles. The number of halogens is 2. The number of aryl methyl sites for hydroxylation is 2. The maximum atomic E-state index is 13.0. The Morgan fingerprint density at radius 1 is 1.14 bits per heavy atom. The van der Waals surface area contributed by atoms with Gasteiger partial charge in [0.15, 0.2) is 6.61 Å². The first-order chi connectivity index (χ1) is 13.8. The Morgan fingerprint density at radius 2 is 1.76 bits per heavy atom. The molecule has 0 spiro atoms. The minimum atomic E-state index is -0.624. The zero-order valence-electron chi connectivity index (χ0n) is 17.1. The quantitative estimate of drug-likeness (QED) is 0.660. The second-order valence-electron chi connectivity index (χ2n) is 6.81. The minimum Gasteiger partial charge on any atom is -0.484 e. The van der Waals surface area contributed by atoms with Crippen molar-refractivity contribution in [3.05, 3.63) is 63.1 Å². The number of likely N-dealkylation sites (N-methyl/N-ethyl adjacent to an activating group) is 1. The van der Waals surface area contributed by atoms with Gasteiger partial charge in [-0.2, -0.15) is 0 Å².